The average Bonchev–Trinajstić information content (AvgIpc) is 2.26. The van der Waals surface area contributed by atoms with Crippen LogP contribution in [0.3, 0.4) is 0 Å². The van der Waals surface area contributed by atoms with Gasteiger partial charge in [0, 0.05) is 24.5 Å². The van der Waals surface area contributed by atoms with E-state index in [1.54, 1.807) is 0 Å². The molecule has 118 valence electrons. The molecule has 0 aliphatic heterocycles. The summed E-state index contributed by atoms with van der Waals surface area (Å²) in [5, 5.41) is 3.27. The summed E-state index contributed by atoms with van der Waals surface area (Å²) in [6.45, 7) is 7.48. The molecule has 4 unspecified atom stereocenters. The summed E-state index contributed by atoms with van der Waals surface area (Å²) in [4.78, 5) is 14.7. The normalized spacial score (nSPS) is 28.7. The van der Waals surface area contributed by atoms with Gasteiger partial charge in [0.05, 0.1) is 0 Å². The zero-order valence-corrected chi connectivity index (χ0v) is 13.9. The first kappa shape index (κ1) is 17.4. The molecule has 1 saturated carbocycles. The van der Waals surface area contributed by atoms with Gasteiger partial charge in [0.15, 0.2) is 0 Å². The molecule has 1 aliphatic rings. The minimum atomic E-state index is 0.145. The molecule has 0 saturated heterocycles. The predicted molar refractivity (Wildman–Crippen MR) is 84.4 cm³/mol. The van der Waals surface area contributed by atoms with Gasteiger partial charge in [0.2, 0.25) is 5.91 Å². The first-order valence-corrected chi connectivity index (χ1v) is 8.00. The molecule has 0 aromatic carbocycles. The second kappa shape index (κ2) is 7.99. The topological polar surface area (TPSA) is 58.4 Å². The highest BCUT2D eigenvalue weighted by atomic mass is 16.2. The Morgan fingerprint density at radius 3 is 2.50 bits per heavy atom. The van der Waals surface area contributed by atoms with Crippen LogP contribution < -0.4 is 11.1 Å². The minimum absolute atomic E-state index is 0.145. The first-order chi connectivity index (χ1) is 9.29. The van der Waals surface area contributed by atoms with E-state index < -0.39 is 0 Å². The van der Waals surface area contributed by atoms with Gasteiger partial charge in [0.1, 0.15) is 0 Å². The van der Waals surface area contributed by atoms with Crippen LogP contribution in [0.1, 0.15) is 46.5 Å². The smallest absolute Gasteiger partial charge is 0.223 e. The number of amides is 1. The van der Waals surface area contributed by atoms with Gasteiger partial charge in [-0.1, -0.05) is 20.8 Å². The lowest BCUT2D eigenvalue weighted by Gasteiger charge is -2.33. The highest BCUT2D eigenvalue weighted by Gasteiger charge is 2.31. The quantitative estimate of drug-likeness (QED) is 0.782. The SMILES string of the molecule is CC(C)CC(CN(C)C)NC(=O)C1CCC(N)CC1C. The Balaban J connectivity index is 2.56. The van der Waals surface area contributed by atoms with Crippen LogP contribution >= 0.6 is 0 Å². The molecular formula is C16H33N3O. The van der Waals surface area contributed by atoms with Crippen molar-refractivity contribution < 1.29 is 4.79 Å². The van der Waals surface area contributed by atoms with Crippen LogP contribution in [0, 0.1) is 17.8 Å². The number of hydrogen-bond donors (Lipinski definition) is 2. The molecule has 0 heterocycles. The van der Waals surface area contributed by atoms with Crippen molar-refractivity contribution in [1.29, 1.82) is 0 Å². The van der Waals surface area contributed by atoms with E-state index in [0.29, 0.717) is 11.8 Å². The number of carbonyl (C=O) groups is 1. The van der Waals surface area contributed by atoms with E-state index >= 15 is 0 Å². The monoisotopic (exact) mass is 283 g/mol. The third-order valence-corrected chi connectivity index (χ3v) is 4.23. The molecule has 1 rings (SSSR count). The Hall–Kier alpha value is -0.610. The summed E-state index contributed by atoms with van der Waals surface area (Å²) >= 11 is 0. The zero-order chi connectivity index (χ0) is 15.3. The Morgan fingerprint density at radius 1 is 1.35 bits per heavy atom. The molecule has 0 bridgehead atoms. The summed E-state index contributed by atoms with van der Waals surface area (Å²) in [7, 11) is 4.11. The number of carbonyl (C=O) groups excluding carboxylic acids is 1. The molecule has 1 amide bonds. The molecular weight excluding hydrogens is 250 g/mol. The number of rotatable bonds is 6. The van der Waals surface area contributed by atoms with Crippen LogP contribution in [0.2, 0.25) is 0 Å². The largest absolute Gasteiger partial charge is 0.352 e. The van der Waals surface area contributed by atoms with Gasteiger partial charge in [-0.05, 0) is 51.6 Å². The van der Waals surface area contributed by atoms with Gasteiger partial charge in [0.25, 0.3) is 0 Å². The van der Waals surface area contributed by atoms with Gasteiger partial charge >= 0.3 is 0 Å². The highest BCUT2D eigenvalue weighted by molar-refractivity contribution is 5.79. The number of nitrogens with one attached hydrogen (secondary N) is 1. The van der Waals surface area contributed by atoms with Gasteiger partial charge in [-0.15, -0.1) is 0 Å². The van der Waals surface area contributed by atoms with Crippen molar-refractivity contribution in [3.63, 3.8) is 0 Å². The second-order valence-electron chi connectivity index (χ2n) is 7.25. The number of likely N-dealkylation sites (N-methyl/N-ethyl adjacent to an activating group) is 1. The van der Waals surface area contributed by atoms with Gasteiger partial charge in [-0.25, -0.2) is 0 Å². The lowest BCUT2D eigenvalue weighted by atomic mass is 9.77. The number of nitrogens with two attached hydrogens (primary N) is 1. The maximum absolute atomic E-state index is 12.5. The third kappa shape index (κ3) is 5.80. The highest BCUT2D eigenvalue weighted by Crippen LogP contribution is 2.29. The van der Waals surface area contributed by atoms with E-state index in [0.717, 1.165) is 32.2 Å². The van der Waals surface area contributed by atoms with Crippen molar-refractivity contribution in [2.45, 2.75) is 58.5 Å². The van der Waals surface area contributed by atoms with Crippen molar-refractivity contribution in [2.24, 2.45) is 23.5 Å². The first-order valence-electron chi connectivity index (χ1n) is 8.00. The van der Waals surface area contributed by atoms with E-state index in [2.05, 4.69) is 45.1 Å². The summed E-state index contributed by atoms with van der Waals surface area (Å²) < 4.78 is 0. The van der Waals surface area contributed by atoms with Crippen molar-refractivity contribution in [3.05, 3.63) is 0 Å². The second-order valence-corrected chi connectivity index (χ2v) is 7.25. The Kier molecular flexibility index (Phi) is 6.96. The Labute approximate surface area is 124 Å². The summed E-state index contributed by atoms with van der Waals surface area (Å²) in [5.74, 6) is 1.37. The van der Waals surface area contributed by atoms with E-state index in [4.69, 9.17) is 5.73 Å². The maximum atomic E-state index is 12.5. The molecule has 4 atom stereocenters. The van der Waals surface area contributed by atoms with Gasteiger partial charge < -0.3 is 16.0 Å². The fourth-order valence-electron chi connectivity index (χ4n) is 3.32. The molecule has 0 aromatic rings. The Bertz CT molecular complexity index is 294. The van der Waals surface area contributed by atoms with Crippen molar-refractivity contribution in [1.82, 2.24) is 10.2 Å². The molecule has 0 radical (unpaired) electrons. The average molecular weight is 283 g/mol. The molecule has 0 spiro atoms. The summed E-state index contributed by atoms with van der Waals surface area (Å²) in [6, 6.07) is 0.530. The molecule has 20 heavy (non-hydrogen) atoms. The van der Waals surface area contributed by atoms with E-state index in [9.17, 15) is 4.79 Å². The van der Waals surface area contributed by atoms with Crippen molar-refractivity contribution >= 4 is 5.91 Å². The van der Waals surface area contributed by atoms with Crippen LogP contribution in [0.15, 0.2) is 0 Å². The molecule has 4 nitrogen and oxygen atoms in total. The van der Waals surface area contributed by atoms with Gasteiger partial charge in [-0.2, -0.15) is 0 Å². The molecule has 4 heteroatoms. The minimum Gasteiger partial charge on any atom is -0.352 e. The van der Waals surface area contributed by atoms with Crippen LogP contribution in [0.25, 0.3) is 0 Å². The van der Waals surface area contributed by atoms with Gasteiger partial charge in [-0.3, -0.25) is 4.79 Å². The number of nitrogens with zero attached hydrogens (tertiary/aromatic N) is 1. The van der Waals surface area contributed by atoms with Crippen molar-refractivity contribution in [3.8, 4) is 0 Å². The zero-order valence-electron chi connectivity index (χ0n) is 13.9. The molecule has 3 N–H and O–H groups in total. The van der Waals surface area contributed by atoms with E-state index in [-0.39, 0.29) is 23.9 Å². The fraction of sp³-hybridized carbons (Fsp3) is 0.938. The summed E-state index contributed by atoms with van der Waals surface area (Å²) in [5.41, 5.74) is 5.98. The van der Waals surface area contributed by atoms with Crippen LogP contribution in [0.5, 0.6) is 0 Å². The van der Waals surface area contributed by atoms with Crippen molar-refractivity contribution in [2.75, 3.05) is 20.6 Å². The van der Waals surface area contributed by atoms with Crippen LogP contribution in [-0.4, -0.2) is 43.5 Å². The lowest BCUT2D eigenvalue weighted by Crippen LogP contribution is -2.47. The lowest BCUT2D eigenvalue weighted by molar-refractivity contribution is -0.128. The number of hydrogen-bond acceptors (Lipinski definition) is 3. The molecule has 0 aromatic heterocycles. The molecule has 1 aliphatic carbocycles. The maximum Gasteiger partial charge on any atom is 0.223 e. The van der Waals surface area contributed by atoms with Crippen LogP contribution in [0.4, 0.5) is 0 Å². The standard InChI is InChI=1S/C16H33N3O/c1-11(2)8-14(10-19(4)5)18-16(20)15-7-6-13(17)9-12(15)3/h11-15H,6-10,17H2,1-5H3,(H,18,20). The van der Waals surface area contributed by atoms with E-state index in [1.807, 2.05) is 0 Å². The fourth-order valence-corrected chi connectivity index (χ4v) is 3.32. The van der Waals surface area contributed by atoms with Crippen LogP contribution in [-0.2, 0) is 4.79 Å². The predicted octanol–water partition coefficient (Wildman–Crippen LogP) is 1.84. The molecule has 1 fully saturated rings. The Morgan fingerprint density at radius 2 is 2.00 bits per heavy atom. The third-order valence-electron chi connectivity index (χ3n) is 4.23. The summed E-state index contributed by atoms with van der Waals surface area (Å²) in [6.07, 6.45) is 3.92. The van der Waals surface area contributed by atoms with E-state index in [1.165, 1.54) is 0 Å².